The Morgan fingerprint density at radius 3 is 1.82 bits per heavy atom. The molecule has 0 atom stereocenters. The molecule has 3 heterocycles. The zero-order valence-corrected chi connectivity index (χ0v) is 23.3. The Bertz CT molecular complexity index is 3220. The van der Waals surface area contributed by atoms with Crippen molar-refractivity contribution in [1.29, 1.82) is 0 Å². The number of para-hydroxylation sites is 1. The Kier molecular flexibility index (Phi) is 3.33. The Morgan fingerprint density at radius 1 is 0.500 bits per heavy atom. The van der Waals surface area contributed by atoms with Crippen LogP contribution >= 0.6 is 11.3 Å². The van der Waals surface area contributed by atoms with Gasteiger partial charge in [-0.2, -0.15) is 9.97 Å². The summed E-state index contributed by atoms with van der Waals surface area (Å²) in [4.78, 5) is 14.0. The van der Waals surface area contributed by atoms with Gasteiger partial charge >= 0.3 is 0 Å². The number of thiophene rings is 1. The van der Waals surface area contributed by atoms with E-state index in [0.717, 1.165) is 30.9 Å². The molecule has 0 amide bonds. The Hall–Kier alpha value is -5.65. The molecule has 0 radical (unpaired) electrons. The average molecular weight is 595 g/mol. The van der Waals surface area contributed by atoms with Crippen molar-refractivity contribution in [3.63, 3.8) is 0 Å². The summed E-state index contributed by atoms with van der Waals surface area (Å²) in [6, 6.07) is 9.66. The van der Waals surface area contributed by atoms with Gasteiger partial charge in [0.05, 0.1) is 34.9 Å². The molecule has 6 aromatic carbocycles. The highest BCUT2D eigenvalue weighted by Gasteiger charge is 2.21. The summed E-state index contributed by atoms with van der Waals surface area (Å²) in [6.45, 7) is 0. The van der Waals surface area contributed by atoms with Gasteiger partial charge in [0, 0.05) is 37.4 Å². The molecule has 0 aliphatic carbocycles. The predicted molar refractivity (Wildman–Crippen MR) is 183 cm³/mol. The minimum absolute atomic E-state index is 0.116. The number of aromatic nitrogens is 4. The van der Waals surface area contributed by atoms with Gasteiger partial charge in [-0.25, -0.2) is 4.98 Å². The molecule has 9 rings (SSSR count). The molecular weight excluding hydrogens is 557 g/mol. The first-order chi connectivity index (χ1) is 27.6. The highest BCUT2D eigenvalue weighted by molar-refractivity contribution is 7.26. The summed E-state index contributed by atoms with van der Waals surface area (Å²) >= 11 is 1.54. The van der Waals surface area contributed by atoms with Crippen molar-refractivity contribution in [3.05, 3.63) is 145 Å². The fourth-order valence-electron chi connectivity index (χ4n) is 5.41. The van der Waals surface area contributed by atoms with Gasteiger partial charge in [0.15, 0.2) is 11.6 Å². The lowest BCUT2D eigenvalue weighted by Gasteiger charge is -2.11. The highest BCUT2D eigenvalue weighted by Crippen LogP contribution is 2.42. The van der Waals surface area contributed by atoms with E-state index in [1.54, 1.807) is 4.57 Å². The fraction of sp³-hybridized carbons (Fsp3) is 0. The Morgan fingerprint density at radius 2 is 1.07 bits per heavy atom. The van der Waals surface area contributed by atoms with Gasteiger partial charge in [-0.15, -0.1) is 11.3 Å². The lowest BCUT2D eigenvalue weighted by molar-refractivity contribution is 0.955. The van der Waals surface area contributed by atoms with Crippen molar-refractivity contribution in [2.75, 3.05) is 0 Å². The third-order valence-electron chi connectivity index (χ3n) is 7.33. The molecule has 0 unspecified atom stereocenters. The standard InChI is InChI=1S/C39H24N4S/c1-3-11-25(12-4-1)26-19-21-28(22-20-26)38-40-37(27-13-5-2-6-14-27)41-39(42-38)43-33-17-9-7-15-29(33)31-23-24-32-30-16-8-10-18-34(30)44-36(32)35(31)43/h1-24H/i1D,2D,3D,4D,5D,6D,11D,12D,13D,14D,19D,20D,21D,22D. The lowest BCUT2D eigenvalue weighted by Crippen LogP contribution is -2.06. The zero-order chi connectivity index (χ0) is 41.2. The minimum atomic E-state index is -0.746. The summed E-state index contributed by atoms with van der Waals surface area (Å²) in [5.74, 6) is -0.960. The number of hydrogen-bond donors (Lipinski definition) is 0. The molecule has 0 fully saturated rings. The van der Waals surface area contributed by atoms with Crippen LogP contribution in [0.1, 0.15) is 19.2 Å². The number of fused-ring (bicyclic) bond motifs is 7. The van der Waals surface area contributed by atoms with E-state index >= 15 is 0 Å². The molecule has 0 aliphatic rings. The molecule has 0 saturated heterocycles. The summed E-state index contributed by atoms with van der Waals surface area (Å²) in [5.41, 5.74) is -0.609. The van der Waals surface area contributed by atoms with E-state index in [2.05, 4.69) is 4.98 Å². The first kappa shape index (κ1) is 14.7. The van der Waals surface area contributed by atoms with E-state index < -0.39 is 118 Å². The first-order valence-corrected chi connectivity index (χ1v) is 14.3. The second-order valence-electron chi connectivity index (χ2n) is 9.82. The van der Waals surface area contributed by atoms with E-state index in [0.29, 0.717) is 11.0 Å². The monoisotopic (exact) mass is 594 g/mol. The first-order valence-electron chi connectivity index (χ1n) is 20.5. The SMILES string of the molecule is [2H]c1c([2H])c([2H])c(-c2nc(-c3c([2H])c([2H])c(-c4c([2H])c([2H])c([2H])c([2H])c4[2H])c([2H])c3[2H])nc(-n3c4ccccc4c4ccc5c6ccccc6sc5c43)n2)c([2H])c1[2H]. The van der Waals surface area contributed by atoms with Crippen molar-refractivity contribution in [2.24, 2.45) is 0 Å². The van der Waals surface area contributed by atoms with Gasteiger partial charge in [-0.3, -0.25) is 4.57 Å². The number of rotatable bonds is 4. The maximum atomic E-state index is 9.18. The molecule has 0 saturated carbocycles. The molecule has 3 aromatic heterocycles. The highest BCUT2D eigenvalue weighted by atomic mass is 32.1. The van der Waals surface area contributed by atoms with Crippen LogP contribution in [0.2, 0.25) is 0 Å². The van der Waals surface area contributed by atoms with Crippen LogP contribution in [0, 0.1) is 0 Å². The van der Waals surface area contributed by atoms with Gasteiger partial charge in [0.2, 0.25) is 5.95 Å². The quantitative estimate of drug-likeness (QED) is 0.204. The fourth-order valence-corrected chi connectivity index (χ4v) is 6.65. The Balaban J connectivity index is 1.42. The molecule has 0 aliphatic heterocycles. The molecule has 0 bridgehead atoms. The summed E-state index contributed by atoms with van der Waals surface area (Å²) < 4.78 is 124. The summed E-state index contributed by atoms with van der Waals surface area (Å²) in [7, 11) is 0. The van der Waals surface area contributed by atoms with E-state index in [9.17, 15) is 2.74 Å². The zero-order valence-electron chi connectivity index (χ0n) is 36.5. The third kappa shape index (κ3) is 3.94. The molecule has 5 heteroatoms. The van der Waals surface area contributed by atoms with Crippen LogP contribution in [0.15, 0.2) is 145 Å². The number of hydrogen-bond acceptors (Lipinski definition) is 4. The largest absolute Gasteiger partial charge is 0.276 e. The van der Waals surface area contributed by atoms with Crippen molar-refractivity contribution in [3.8, 4) is 39.9 Å². The molecule has 0 spiro atoms. The smallest absolute Gasteiger partial charge is 0.238 e. The molecular formula is C39H24N4S. The average Bonchev–Trinajstić information content (AvgIpc) is 3.77. The van der Waals surface area contributed by atoms with E-state index in [4.69, 9.17) is 26.4 Å². The van der Waals surface area contributed by atoms with Crippen LogP contribution in [0.5, 0.6) is 0 Å². The van der Waals surface area contributed by atoms with Crippen LogP contribution in [-0.2, 0) is 0 Å². The van der Waals surface area contributed by atoms with Gasteiger partial charge in [0.25, 0.3) is 0 Å². The summed E-state index contributed by atoms with van der Waals surface area (Å²) in [5, 5.41) is 3.60. The van der Waals surface area contributed by atoms with Crippen molar-refractivity contribution < 1.29 is 19.2 Å². The normalized spacial score (nSPS) is 16.1. The number of nitrogens with zero attached hydrogens (tertiary/aromatic N) is 4. The molecule has 4 nitrogen and oxygen atoms in total. The van der Waals surface area contributed by atoms with Crippen molar-refractivity contribution >= 4 is 53.3 Å². The molecule has 0 N–H and O–H groups in total. The van der Waals surface area contributed by atoms with E-state index in [1.807, 2.05) is 60.7 Å². The second-order valence-corrected chi connectivity index (χ2v) is 10.9. The molecule has 44 heavy (non-hydrogen) atoms. The van der Waals surface area contributed by atoms with Gasteiger partial charge in [-0.05, 0) is 23.3 Å². The van der Waals surface area contributed by atoms with Crippen LogP contribution in [0.25, 0.3) is 81.8 Å². The van der Waals surface area contributed by atoms with E-state index in [-0.39, 0.29) is 5.95 Å². The van der Waals surface area contributed by atoms with Crippen LogP contribution in [0.4, 0.5) is 0 Å². The van der Waals surface area contributed by atoms with Gasteiger partial charge in [-0.1, -0.05) is 133 Å². The van der Waals surface area contributed by atoms with Crippen LogP contribution in [-0.4, -0.2) is 19.5 Å². The van der Waals surface area contributed by atoms with Gasteiger partial charge < -0.3 is 0 Å². The predicted octanol–water partition coefficient (Wildman–Crippen LogP) is 10.3. The van der Waals surface area contributed by atoms with Crippen molar-refractivity contribution in [2.45, 2.75) is 0 Å². The second kappa shape index (κ2) is 9.97. The topological polar surface area (TPSA) is 43.6 Å². The van der Waals surface area contributed by atoms with Crippen LogP contribution < -0.4 is 0 Å². The lowest BCUT2D eigenvalue weighted by atomic mass is 10.0. The minimum Gasteiger partial charge on any atom is -0.276 e. The Labute approximate surface area is 277 Å². The summed E-state index contributed by atoms with van der Waals surface area (Å²) in [6.07, 6.45) is 0. The van der Waals surface area contributed by atoms with E-state index in [1.165, 1.54) is 11.3 Å². The van der Waals surface area contributed by atoms with Gasteiger partial charge in [0.1, 0.15) is 0 Å². The van der Waals surface area contributed by atoms with Crippen molar-refractivity contribution in [1.82, 2.24) is 19.5 Å². The molecule has 9 aromatic rings. The third-order valence-corrected chi connectivity index (χ3v) is 8.52. The number of benzene rings is 6. The maximum absolute atomic E-state index is 9.18. The molecule has 206 valence electrons. The van der Waals surface area contributed by atoms with Crippen LogP contribution in [0.3, 0.4) is 0 Å². The maximum Gasteiger partial charge on any atom is 0.238 e.